The molecular formula is C21H22ClN7O. The smallest absolute Gasteiger partial charge is 0.321 e. The normalized spacial score (nSPS) is 13.8. The molecular weight excluding hydrogens is 402 g/mol. The van der Waals surface area contributed by atoms with Crippen LogP contribution in [0.5, 0.6) is 0 Å². The molecule has 2 amide bonds. The fourth-order valence-corrected chi connectivity index (χ4v) is 3.35. The topological polar surface area (TPSA) is 86.3 Å². The zero-order valence-electron chi connectivity index (χ0n) is 16.5. The summed E-state index contributed by atoms with van der Waals surface area (Å²) in [5, 5.41) is 6.75. The number of nitrogens with zero attached hydrogens (tertiary/aromatic N) is 5. The highest BCUT2D eigenvalue weighted by Crippen LogP contribution is 2.20. The summed E-state index contributed by atoms with van der Waals surface area (Å²) in [5.41, 5.74) is 0.725. The van der Waals surface area contributed by atoms with Crippen LogP contribution >= 0.6 is 11.6 Å². The molecule has 9 heteroatoms. The van der Waals surface area contributed by atoms with E-state index in [1.54, 1.807) is 35.4 Å². The number of aromatic nitrogens is 3. The Morgan fingerprint density at radius 3 is 2.47 bits per heavy atom. The molecule has 0 bridgehead atoms. The minimum absolute atomic E-state index is 0.117. The first-order valence-corrected chi connectivity index (χ1v) is 10.0. The number of urea groups is 1. The van der Waals surface area contributed by atoms with E-state index in [4.69, 9.17) is 11.6 Å². The molecule has 2 N–H and O–H groups in total. The van der Waals surface area contributed by atoms with Crippen molar-refractivity contribution in [1.29, 1.82) is 0 Å². The Morgan fingerprint density at radius 1 is 1.00 bits per heavy atom. The van der Waals surface area contributed by atoms with E-state index in [1.165, 1.54) is 0 Å². The van der Waals surface area contributed by atoms with Gasteiger partial charge in [0.25, 0.3) is 0 Å². The molecule has 0 radical (unpaired) electrons. The van der Waals surface area contributed by atoms with Gasteiger partial charge in [-0.2, -0.15) is 0 Å². The summed E-state index contributed by atoms with van der Waals surface area (Å²) in [7, 11) is 0. The highest BCUT2D eigenvalue weighted by atomic mass is 35.5. The number of piperazine rings is 1. The molecule has 1 saturated heterocycles. The maximum Gasteiger partial charge on any atom is 0.321 e. The van der Waals surface area contributed by atoms with Crippen molar-refractivity contribution < 1.29 is 4.79 Å². The first-order chi connectivity index (χ1) is 14.6. The van der Waals surface area contributed by atoms with E-state index in [0.717, 1.165) is 17.3 Å². The zero-order chi connectivity index (χ0) is 20.9. The van der Waals surface area contributed by atoms with Crippen molar-refractivity contribution in [2.45, 2.75) is 6.92 Å². The van der Waals surface area contributed by atoms with Gasteiger partial charge in [0, 0.05) is 49.2 Å². The molecule has 0 aliphatic carbocycles. The third kappa shape index (κ3) is 4.96. The van der Waals surface area contributed by atoms with Crippen LogP contribution in [0.2, 0.25) is 5.02 Å². The first kappa shape index (κ1) is 19.9. The average molecular weight is 424 g/mol. The van der Waals surface area contributed by atoms with E-state index < -0.39 is 0 Å². The summed E-state index contributed by atoms with van der Waals surface area (Å²) in [5.74, 6) is 2.93. The van der Waals surface area contributed by atoms with E-state index >= 15 is 0 Å². The van der Waals surface area contributed by atoms with Gasteiger partial charge in [0.1, 0.15) is 23.3 Å². The molecule has 3 heterocycles. The lowest BCUT2D eigenvalue weighted by atomic mass is 10.3. The first-order valence-electron chi connectivity index (χ1n) is 9.67. The van der Waals surface area contributed by atoms with E-state index in [9.17, 15) is 4.79 Å². The number of rotatable bonds is 4. The Morgan fingerprint density at radius 2 is 1.77 bits per heavy atom. The monoisotopic (exact) mass is 423 g/mol. The largest absolute Gasteiger partial charge is 0.353 e. The van der Waals surface area contributed by atoms with Crippen LogP contribution in [0, 0.1) is 6.92 Å². The Hall–Kier alpha value is -3.39. The number of benzene rings is 1. The van der Waals surface area contributed by atoms with Gasteiger partial charge in [-0.15, -0.1) is 0 Å². The molecule has 1 aliphatic heterocycles. The minimum atomic E-state index is -0.117. The second-order valence-electron chi connectivity index (χ2n) is 6.91. The number of nitrogens with one attached hydrogen (secondary N) is 2. The molecule has 8 nitrogen and oxygen atoms in total. The summed E-state index contributed by atoms with van der Waals surface area (Å²) in [4.78, 5) is 29.8. The van der Waals surface area contributed by atoms with Crippen molar-refractivity contribution in [3.63, 3.8) is 0 Å². The number of amides is 2. The third-order valence-corrected chi connectivity index (χ3v) is 4.98. The van der Waals surface area contributed by atoms with Gasteiger partial charge in [0.15, 0.2) is 0 Å². The fourth-order valence-electron chi connectivity index (χ4n) is 3.22. The second kappa shape index (κ2) is 8.96. The molecule has 1 aromatic carbocycles. The van der Waals surface area contributed by atoms with E-state index in [1.807, 2.05) is 31.2 Å². The van der Waals surface area contributed by atoms with Crippen molar-refractivity contribution in [2.24, 2.45) is 0 Å². The van der Waals surface area contributed by atoms with Crippen LogP contribution in [0.15, 0.2) is 54.7 Å². The van der Waals surface area contributed by atoms with Crippen LogP contribution in [0.4, 0.5) is 27.9 Å². The summed E-state index contributed by atoms with van der Waals surface area (Å²) in [6.45, 7) is 4.45. The standard InChI is InChI=1S/C21H22ClN7O/c1-15-24-19(27-18-4-2-3-9-23-18)14-20(25-15)28-10-12-29(13-11-28)21(30)26-17-7-5-16(22)6-8-17/h2-9,14H,10-13H2,1H3,(H,26,30)(H,23,24,25,27). The van der Waals surface area contributed by atoms with Crippen molar-refractivity contribution in [3.05, 3.63) is 65.6 Å². The van der Waals surface area contributed by atoms with Gasteiger partial charge < -0.3 is 20.4 Å². The molecule has 30 heavy (non-hydrogen) atoms. The van der Waals surface area contributed by atoms with Crippen LogP contribution < -0.4 is 15.5 Å². The number of hydrogen-bond acceptors (Lipinski definition) is 6. The molecule has 1 fully saturated rings. The second-order valence-corrected chi connectivity index (χ2v) is 7.35. The number of aryl methyl sites for hydroxylation is 1. The number of hydrogen-bond donors (Lipinski definition) is 2. The van der Waals surface area contributed by atoms with E-state index in [0.29, 0.717) is 42.8 Å². The summed E-state index contributed by atoms with van der Waals surface area (Å²) in [6.07, 6.45) is 1.73. The van der Waals surface area contributed by atoms with Crippen LogP contribution in [0.3, 0.4) is 0 Å². The predicted octanol–water partition coefficient (Wildman–Crippen LogP) is 3.93. The van der Waals surface area contributed by atoms with Crippen molar-refractivity contribution in [3.8, 4) is 0 Å². The Balaban J connectivity index is 1.37. The lowest BCUT2D eigenvalue weighted by Gasteiger charge is -2.35. The lowest BCUT2D eigenvalue weighted by molar-refractivity contribution is 0.208. The van der Waals surface area contributed by atoms with E-state index in [2.05, 4.69) is 30.5 Å². The number of pyridine rings is 1. The molecule has 0 saturated carbocycles. The summed E-state index contributed by atoms with van der Waals surface area (Å²) < 4.78 is 0. The van der Waals surface area contributed by atoms with Crippen molar-refractivity contribution in [2.75, 3.05) is 41.7 Å². The number of carbonyl (C=O) groups excluding carboxylic acids is 1. The molecule has 0 unspecified atom stereocenters. The molecule has 0 atom stereocenters. The van der Waals surface area contributed by atoms with Gasteiger partial charge in [-0.05, 0) is 43.3 Å². The number of anilines is 4. The Labute approximate surface area is 179 Å². The Bertz CT molecular complexity index is 1010. The SMILES string of the molecule is Cc1nc(Nc2ccccn2)cc(N2CCN(C(=O)Nc3ccc(Cl)cc3)CC2)n1. The predicted molar refractivity (Wildman–Crippen MR) is 119 cm³/mol. The van der Waals surface area contributed by atoms with Gasteiger partial charge in [-0.3, -0.25) is 0 Å². The van der Waals surface area contributed by atoms with Gasteiger partial charge >= 0.3 is 6.03 Å². The molecule has 4 rings (SSSR count). The van der Waals surface area contributed by atoms with Gasteiger partial charge in [0.05, 0.1) is 0 Å². The Kier molecular flexibility index (Phi) is 5.94. The van der Waals surface area contributed by atoms with Crippen LogP contribution in [0.25, 0.3) is 0 Å². The number of carbonyl (C=O) groups is 1. The molecule has 3 aromatic rings. The molecule has 1 aliphatic rings. The molecule has 0 spiro atoms. The maximum atomic E-state index is 12.5. The van der Waals surface area contributed by atoms with Crippen LogP contribution in [-0.2, 0) is 0 Å². The fraction of sp³-hybridized carbons (Fsp3) is 0.238. The summed E-state index contributed by atoms with van der Waals surface area (Å²) in [6, 6.07) is 14.5. The molecule has 2 aromatic heterocycles. The highest BCUT2D eigenvalue weighted by Gasteiger charge is 2.22. The van der Waals surface area contributed by atoms with Gasteiger partial charge in [-0.25, -0.2) is 19.7 Å². The zero-order valence-corrected chi connectivity index (χ0v) is 17.3. The summed E-state index contributed by atoms with van der Waals surface area (Å²) >= 11 is 5.89. The maximum absolute atomic E-state index is 12.5. The lowest BCUT2D eigenvalue weighted by Crippen LogP contribution is -2.50. The number of halogens is 1. The molecule has 154 valence electrons. The average Bonchev–Trinajstić information content (AvgIpc) is 2.76. The van der Waals surface area contributed by atoms with Crippen LogP contribution in [-0.4, -0.2) is 52.1 Å². The van der Waals surface area contributed by atoms with Crippen LogP contribution in [0.1, 0.15) is 5.82 Å². The quantitative estimate of drug-likeness (QED) is 0.661. The minimum Gasteiger partial charge on any atom is -0.353 e. The van der Waals surface area contributed by atoms with Crippen molar-refractivity contribution in [1.82, 2.24) is 19.9 Å². The van der Waals surface area contributed by atoms with Gasteiger partial charge in [0.2, 0.25) is 0 Å². The van der Waals surface area contributed by atoms with Gasteiger partial charge in [-0.1, -0.05) is 17.7 Å². The third-order valence-electron chi connectivity index (χ3n) is 4.73. The highest BCUT2D eigenvalue weighted by molar-refractivity contribution is 6.30. The van der Waals surface area contributed by atoms with E-state index in [-0.39, 0.29) is 6.03 Å². The van der Waals surface area contributed by atoms with Crippen molar-refractivity contribution >= 4 is 40.8 Å².